The van der Waals surface area contributed by atoms with Gasteiger partial charge in [0.05, 0.1) is 11.7 Å². The molecular formula is C13H19N3. The molecule has 0 aromatic carbocycles. The standard InChI is InChI=1S/C13H19N3/c1-4-6-7-8-12(14-5-2)13-9-10-15-11(3)16-13/h9-10,12,14H,5,7-8H2,1-3H3. The van der Waals surface area contributed by atoms with Crippen LogP contribution in [0, 0.1) is 18.8 Å². The highest BCUT2D eigenvalue weighted by molar-refractivity contribution is 5.08. The lowest BCUT2D eigenvalue weighted by molar-refractivity contribution is 0.508. The molecule has 0 aliphatic heterocycles. The van der Waals surface area contributed by atoms with Crippen molar-refractivity contribution in [3.63, 3.8) is 0 Å². The van der Waals surface area contributed by atoms with Crippen molar-refractivity contribution >= 4 is 0 Å². The number of rotatable bonds is 5. The van der Waals surface area contributed by atoms with Crippen LogP contribution in [0.5, 0.6) is 0 Å². The van der Waals surface area contributed by atoms with Gasteiger partial charge in [0.2, 0.25) is 0 Å². The molecule has 0 amide bonds. The molecule has 1 aromatic heterocycles. The van der Waals surface area contributed by atoms with E-state index in [1.807, 2.05) is 26.1 Å². The van der Waals surface area contributed by atoms with Gasteiger partial charge in [0, 0.05) is 12.6 Å². The molecule has 1 aromatic rings. The molecule has 0 radical (unpaired) electrons. The Morgan fingerprint density at radius 3 is 2.94 bits per heavy atom. The maximum atomic E-state index is 4.45. The summed E-state index contributed by atoms with van der Waals surface area (Å²) in [7, 11) is 0. The molecule has 1 N–H and O–H groups in total. The van der Waals surface area contributed by atoms with E-state index in [4.69, 9.17) is 0 Å². The molecular weight excluding hydrogens is 198 g/mol. The lowest BCUT2D eigenvalue weighted by Gasteiger charge is -2.16. The Morgan fingerprint density at radius 1 is 1.50 bits per heavy atom. The average Bonchev–Trinajstić information content (AvgIpc) is 2.28. The molecule has 0 aliphatic carbocycles. The normalized spacial score (nSPS) is 11.7. The first kappa shape index (κ1) is 12.7. The Bertz CT molecular complexity index is 376. The molecule has 1 rings (SSSR count). The molecule has 0 aliphatic rings. The number of nitrogens with one attached hydrogen (secondary N) is 1. The fourth-order valence-electron chi connectivity index (χ4n) is 1.61. The Kier molecular flexibility index (Phi) is 5.52. The van der Waals surface area contributed by atoms with Gasteiger partial charge in [-0.2, -0.15) is 0 Å². The molecule has 0 spiro atoms. The van der Waals surface area contributed by atoms with E-state index in [2.05, 4.69) is 34.0 Å². The van der Waals surface area contributed by atoms with E-state index >= 15 is 0 Å². The number of hydrogen-bond donors (Lipinski definition) is 1. The molecule has 1 unspecified atom stereocenters. The molecule has 3 nitrogen and oxygen atoms in total. The van der Waals surface area contributed by atoms with Crippen LogP contribution in [0.2, 0.25) is 0 Å². The third-order valence-corrected chi connectivity index (χ3v) is 2.34. The second-order valence-electron chi connectivity index (χ2n) is 3.60. The predicted octanol–water partition coefficient (Wildman–Crippen LogP) is 2.24. The SMILES string of the molecule is CC#CCCC(NCC)c1ccnc(C)n1. The highest BCUT2D eigenvalue weighted by Crippen LogP contribution is 2.15. The van der Waals surface area contributed by atoms with Crippen LogP contribution in [0.15, 0.2) is 12.3 Å². The topological polar surface area (TPSA) is 37.8 Å². The third-order valence-electron chi connectivity index (χ3n) is 2.34. The molecule has 3 heteroatoms. The van der Waals surface area contributed by atoms with Gasteiger partial charge in [-0.15, -0.1) is 11.8 Å². The molecule has 86 valence electrons. The van der Waals surface area contributed by atoms with Crippen LogP contribution in [-0.4, -0.2) is 16.5 Å². The predicted molar refractivity (Wildman–Crippen MR) is 65.9 cm³/mol. The van der Waals surface area contributed by atoms with E-state index in [0.717, 1.165) is 30.9 Å². The van der Waals surface area contributed by atoms with Crippen molar-refractivity contribution in [3.8, 4) is 11.8 Å². The highest BCUT2D eigenvalue weighted by Gasteiger charge is 2.10. The van der Waals surface area contributed by atoms with Crippen molar-refractivity contribution in [3.05, 3.63) is 23.8 Å². The molecule has 0 bridgehead atoms. The quantitative estimate of drug-likeness (QED) is 0.769. The van der Waals surface area contributed by atoms with Crippen LogP contribution in [-0.2, 0) is 0 Å². The van der Waals surface area contributed by atoms with Crippen LogP contribution in [0.25, 0.3) is 0 Å². The first-order chi connectivity index (χ1) is 7.77. The first-order valence-corrected chi connectivity index (χ1v) is 5.70. The summed E-state index contributed by atoms with van der Waals surface area (Å²) in [5.41, 5.74) is 1.06. The molecule has 1 atom stereocenters. The highest BCUT2D eigenvalue weighted by atomic mass is 15.0. The van der Waals surface area contributed by atoms with E-state index in [-0.39, 0.29) is 6.04 Å². The summed E-state index contributed by atoms with van der Waals surface area (Å²) in [6.45, 7) is 6.83. The summed E-state index contributed by atoms with van der Waals surface area (Å²) in [5, 5.41) is 3.43. The average molecular weight is 217 g/mol. The Morgan fingerprint density at radius 2 is 2.31 bits per heavy atom. The molecule has 0 saturated heterocycles. The van der Waals surface area contributed by atoms with Gasteiger partial charge in [0.25, 0.3) is 0 Å². The van der Waals surface area contributed by atoms with Crippen molar-refractivity contribution in [1.82, 2.24) is 15.3 Å². The Hall–Kier alpha value is -1.40. The van der Waals surface area contributed by atoms with Crippen molar-refractivity contribution in [1.29, 1.82) is 0 Å². The zero-order valence-electron chi connectivity index (χ0n) is 10.2. The largest absolute Gasteiger partial charge is 0.309 e. The van der Waals surface area contributed by atoms with E-state index in [1.165, 1.54) is 0 Å². The van der Waals surface area contributed by atoms with Gasteiger partial charge in [0.1, 0.15) is 5.82 Å². The van der Waals surface area contributed by atoms with Crippen molar-refractivity contribution in [2.75, 3.05) is 6.54 Å². The van der Waals surface area contributed by atoms with Crippen molar-refractivity contribution in [2.24, 2.45) is 0 Å². The van der Waals surface area contributed by atoms with Gasteiger partial charge in [-0.05, 0) is 32.9 Å². The lowest BCUT2D eigenvalue weighted by Crippen LogP contribution is -2.22. The second-order valence-corrected chi connectivity index (χ2v) is 3.60. The van der Waals surface area contributed by atoms with Crippen LogP contribution >= 0.6 is 0 Å². The van der Waals surface area contributed by atoms with Gasteiger partial charge in [-0.1, -0.05) is 6.92 Å². The summed E-state index contributed by atoms with van der Waals surface area (Å²) in [4.78, 5) is 8.56. The van der Waals surface area contributed by atoms with Crippen molar-refractivity contribution < 1.29 is 0 Å². The van der Waals surface area contributed by atoms with Gasteiger partial charge in [0.15, 0.2) is 0 Å². The lowest BCUT2D eigenvalue weighted by atomic mass is 10.1. The van der Waals surface area contributed by atoms with E-state index in [1.54, 1.807) is 0 Å². The summed E-state index contributed by atoms with van der Waals surface area (Å²) in [5.74, 6) is 6.83. The summed E-state index contributed by atoms with van der Waals surface area (Å²) >= 11 is 0. The third kappa shape index (κ3) is 4.00. The smallest absolute Gasteiger partial charge is 0.125 e. The van der Waals surface area contributed by atoms with Gasteiger partial charge >= 0.3 is 0 Å². The van der Waals surface area contributed by atoms with Crippen LogP contribution in [0.4, 0.5) is 0 Å². The summed E-state index contributed by atoms with van der Waals surface area (Å²) in [6.07, 6.45) is 3.70. The second kappa shape index (κ2) is 6.97. The van der Waals surface area contributed by atoms with E-state index in [0.29, 0.717) is 0 Å². The maximum Gasteiger partial charge on any atom is 0.125 e. The van der Waals surface area contributed by atoms with Crippen LogP contribution in [0.3, 0.4) is 0 Å². The number of aromatic nitrogens is 2. The molecule has 0 saturated carbocycles. The minimum absolute atomic E-state index is 0.285. The van der Waals surface area contributed by atoms with Gasteiger partial charge in [-0.3, -0.25) is 0 Å². The molecule has 0 fully saturated rings. The number of hydrogen-bond acceptors (Lipinski definition) is 3. The number of nitrogens with zero attached hydrogens (tertiary/aromatic N) is 2. The van der Waals surface area contributed by atoms with E-state index in [9.17, 15) is 0 Å². The zero-order chi connectivity index (χ0) is 11.8. The Labute approximate surface area is 97.7 Å². The Balaban J connectivity index is 2.70. The summed E-state index contributed by atoms with van der Waals surface area (Å²) < 4.78 is 0. The minimum Gasteiger partial charge on any atom is -0.309 e. The fraction of sp³-hybridized carbons (Fsp3) is 0.538. The van der Waals surface area contributed by atoms with Crippen LogP contribution in [0.1, 0.15) is 44.2 Å². The van der Waals surface area contributed by atoms with Gasteiger partial charge < -0.3 is 5.32 Å². The monoisotopic (exact) mass is 217 g/mol. The first-order valence-electron chi connectivity index (χ1n) is 5.70. The maximum absolute atomic E-state index is 4.45. The van der Waals surface area contributed by atoms with Crippen molar-refractivity contribution in [2.45, 2.75) is 39.7 Å². The zero-order valence-corrected chi connectivity index (χ0v) is 10.2. The van der Waals surface area contributed by atoms with E-state index < -0.39 is 0 Å². The van der Waals surface area contributed by atoms with Crippen LogP contribution < -0.4 is 5.32 Å². The molecule has 16 heavy (non-hydrogen) atoms. The fourth-order valence-corrected chi connectivity index (χ4v) is 1.61. The number of aryl methyl sites for hydroxylation is 1. The minimum atomic E-state index is 0.285. The van der Waals surface area contributed by atoms with Gasteiger partial charge in [-0.25, -0.2) is 9.97 Å². The summed E-state index contributed by atoms with van der Waals surface area (Å²) in [6, 6.07) is 2.26. The molecule has 1 heterocycles.